The number of halogens is 1. The van der Waals surface area contributed by atoms with Crippen molar-refractivity contribution in [1.29, 1.82) is 0 Å². The van der Waals surface area contributed by atoms with Crippen LogP contribution in [-0.2, 0) is 22.6 Å². The largest absolute Gasteiger partial charge is 0.379 e. The number of hydrogen-bond acceptors (Lipinski definition) is 6. The number of carbonyl (C=O) groups excluding carboxylic acids is 1. The third-order valence-corrected chi connectivity index (χ3v) is 5.89. The highest BCUT2D eigenvalue weighted by molar-refractivity contribution is 5.76. The number of carbonyl (C=O) groups is 1. The molecule has 0 bridgehead atoms. The number of piperidine rings is 1. The molecule has 1 amide bonds. The van der Waals surface area contributed by atoms with Crippen LogP contribution in [0, 0.1) is 5.82 Å². The molecule has 0 spiro atoms. The lowest BCUT2D eigenvalue weighted by atomic mass is 9.94. The zero-order chi connectivity index (χ0) is 20.8. The van der Waals surface area contributed by atoms with E-state index < -0.39 is 0 Å². The van der Waals surface area contributed by atoms with Crippen LogP contribution in [-0.4, -0.2) is 68.8 Å². The van der Waals surface area contributed by atoms with Crippen molar-refractivity contribution in [1.82, 2.24) is 30.0 Å². The highest BCUT2D eigenvalue weighted by atomic mass is 19.1. The Hall–Kier alpha value is -2.39. The minimum atomic E-state index is -0.253. The smallest absolute Gasteiger partial charge is 0.223 e. The summed E-state index contributed by atoms with van der Waals surface area (Å²) in [6.45, 7) is 5.25. The van der Waals surface area contributed by atoms with E-state index in [0.29, 0.717) is 25.9 Å². The van der Waals surface area contributed by atoms with E-state index >= 15 is 0 Å². The average Bonchev–Trinajstić information content (AvgIpc) is 3.21. The van der Waals surface area contributed by atoms with Gasteiger partial charge in [0.05, 0.1) is 25.8 Å². The van der Waals surface area contributed by atoms with Gasteiger partial charge in [0.15, 0.2) is 5.82 Å². The Morgan fingerprint density at radius 1 is 1.20 bits per heavy atom. The molecule has 30 heavy (non-hydrogen) atoms. The maximum atomic E-state index is 13.7. The van der Waals surface area contributed by atoms with Crippen molar-refractivity contribution in [2.45, 2.75) is 51.2 Å². The number of hydrogen-bond donors (Lipinski definition) is 0. The fraction of sp³-hybridized carbons (Fsp3) is 0.619. The minimum Gasteiger partial charge on any atom is -0.379 e. The number of aryl methyl sites for hydroxylation is 1. The van der Waals surface area contributed by atoms with E-state index in [0.717, 1.165) is 63.5 Å². The van der Waals surface area contributed by atoms with Gasteiger partial charge in [-0.25, -0.2) is 9.07 Å². The third kappa shape index (κ3) is 5.20. The second-order valence-corrected chi connectivity index (χ2v) is 7.96. The molecule has 1 aromatic carbocycles. The fourth-order valence-corrected chi connectivity index (χ4v) is 4.28. The van der Waals surface area contributed by atoms with Gasteiger partial charge in [-0.15, -0.1) is 5.10 Å². The molecule has 1 atom stereocenters. The molecule has 2 saturated heterocycles. The Morgan fingerprint density at radius 3 is 2.90 bits per heavy atom. The number of morpholine rings is 1. The summed E-state index contributed by atoms with van der Waals surface area (Å²) in [5.41, 5.74) is 0.885. The van der Waals surface area contributed by atoms with Gasteiger partial charge in [0.2, 0.25) is 5.91 Å². The lowest BCUT2D eigenvalue weighted by Crippen LogP contribution is -2.38. The number of benzene rings is 1. The van der Waals surface area contributed by atoms with Crippen LogP contribution >= 0.6 is 0 Å². The molecule has 2 aliphatic heterocycles. The van der Waals surface area contributed by atoms with Gasteiger partial charge in [0.25, 0.3) is 0 Å². The maximum absolute atomic E-state index is 13.7. The highest BCUT2D eigenvalue weighted by Crippen LogP contribution is 2.31. The molecular weight excluding hydrogens is 387 g/mol. The van der Waals surface area contributed by atoms with Crippen LogP contribution in [0.25, 0.3) is 0 Å². The van der Waals surface area contributed by atoms with Gasteiger partial charge in [0.1, 0.15) is 5.82 Å². The summed E-state index contributed by atoms with van der Waals surface area (Å²) in [5.74, 6) is 0.684. The molecule has 4 rings (SSSR count). The topological polar surface area (TPSA) is 76.4 Å². The maximum Gasteiger partial charge on any atom is 0.223 e. The van der Waals surface area contributed by atoms with Crippen molar-refractivity contribution in [3.8, 4) is 0 Å². The molecule has 1 aromatic heterocycles. The van der Waals surface area contributed by atoms with Crippen molar-refractivity contribution >= 4 is 5.91 Å². The van der Waals surface area contributed by atoms with E-state index in [4.69, 9.17) is 4.74 Å². The monoisotopic (exact) mass is 416 g/mol. The van der Waals surface area contributed by atoms with Crippen LogP contribution in [0.3, 0.4) is 0 Å². The zero-order valence-electron chi connectivity index (χ0n) is 17.2. The molecule has 2 fully saturated rings. The number of ether oxygens (including phenoxy) is 1. The van der Waals surface area contributed by atoms with E-state index in [9.17, 15) is 9.18 Å². The lowest BCUT2D eigenvalue weighted by Gasteiger charge is -2.36. The quantitative estimate of drug-likeness (QED) is 0.689. The Bertz CT molecular complexity index is 838. The number of rotatable bonds is 7. The van der Waals surface area contributed by atoms with Crippen LogP contribution < -0.4 is 0 Å². The van der Waals surface area contributed by atoms with Gasteiger partial charge in [-0.2, -0.15) is 0 Å². The summed E-state index contributed by atoms with van der Waals surface area (Å²) in [5, 5.41) is 12.1. The summed E-state index contributed by atoms with van der Waals surface area (Å²) >= 11 is 0. The van der Waals surface area contributed by atoms with Gasteiger partial charge in [0, 0.05) is 32.6 Å². The van der Waals surface area contributed by atoms with E-state index in [-0.39, 0.29) is 17.8 Å². The predicted molar refractivity (Wildman–Crippen MR) is 108 cm³/mol. The third-order valence-electron chi connectivity index (χ3n) is 5.89. The summed E-state index contributed by atoms with van der Waals surface area (Å²) in [7, 11) is 0. The first kappa shape index (κ1) is 20.9. The Morgan fingerprint density at radius 2 is 2.07 bits per heavy atom. The number of amides is 1. The average molecular weight is 417 g/mol. The van der Waals surface area contributed by atoms with Crippen LogP contribution in [0.1, 0.15) is 49.5 Å². The second-order valence-electron chi connectivity index (χ2n) is 7.96. The molecule has 2 aliphatic rings. The number of tetrazole rings is 1. The van der Waals surface area contributed by atoms with Crippen molar-refractivity contribution in [3.05, 3.63) is 41.5 Å². The second kappa shape index (κ2) is 10.1. The van der Waals surface area contributed by atoms with E-state index in [1.807, 2.05) is 11.0 Å². The number of aromatic nitrogens is 4. The van der Waals surface area contributed by atoms with Gasteiger partial charge in [-0.1, -0.05) is 12.1 Å². The lowest BCUT2D eigenvalue weighted by molar-refractivity contribution is -0.135. The van der Waals surface area contributed by atoms with Crippen molar-refractivity contribution in [2.24, 2.45) is 0 Å². The Balaban J connectivity index is 1.31. The Kier molecular flexibility index (Phi) is 7.01. The van der Waals surface area contributed by atoms with Crippen LogP contribution in [0.5, 0.6) is 0 Å². The van der Waals surface area contributed by atoms with Crippen molar-refractivity contribution < 1.29 is 13.9 Å². The van der Waals surface area contributed by atoms with Crippen LogP contribution in [0.2, 0.25) is 0 Å². The molecule has 0 aliphatic carbocycles. The van der Waals surface area contributed by atoms with Crippen LogP contribution in [0.15, 0.2) is 24.3 Å². The highest BCUT2D eigenvalue weighted by Gasteiger charge is 2.28. The van der Waals surface area contributed by atoms with Gasteiger partial charge >= 0.3 is 0 Å². The number of nitrogens with zero attached hydrogens (tertiary/aromatic N) is 6. The fourth-order valence-electron chi connectivity index (χ4n) is 4.28. The molecule has 2 aromatic rings. The van der Waals surface area contributed by atoms with Gasteiger partial charge in [-0.05, 0) is 53.8 Å². The molecule has 162 valence electrons. The molecule has 0 N–H and O–H groups in total. The van der Waals surface area contributed by atoms with Gasteiger partial charge < -0.3 is 9.64 Å². The molecule has 0 saturated carbocycles. The minimum absolute atomic E-state index is 0.0353. The summed E-state index contributed by atoms with van der Waals surface area (Å²) in [4.78, 5) is 17.1. The molecule has 0 radical (unpaired) electrons. The summed E-state index contributed by atoms with van der Waals surface area (Å²) < 4.78 is 20.9. The summed E-state index contributed by atoms with van der Waals surface area (Å²) in [6.07, 6.45) is 4.04. The van der Waals surface area contributed by atoms with Crippen molar-refractivity contribution in [2.75, 3.05) is 32.8 Å². The van der Waals surface area contributed by atoms with E-state index in [2.05, 4.69) is 20.4 Å². The Labute approximate surface area is 176 Å². The van der Waals surface area contributed by atoms with Crippen molar-refractivity contribution in [3.63, 3.8) is 0 Å². The predicted octanol–water partition coefficient (Wildman–Crippen LogP) is 2.18. The van der Waals surface area contributed by atoms with Crippen LogP contribution in [0.4, 0.5) is 4.39 Å². The molecule has 9 heteroatoms. The van der Waals surface area contributed by atoms with E-state index in [1.54, 1.807) is 16.8 Å². The first-order chi connectivity index (χ1) is 14.7. The van der Waals surface area contributed by atoms with E-state index in [1.165, 1.54) is 6.07 Å². The molecule has 3 heterocycles. The first-order valence-corrected chi connectivity index (χ1v) is 10.8. The number of likely N-dealkylation sites (tertiary alicyclic amines) is 1. The molecule has 8 nitrogen and oxygen atoms in total. The molecule has 0 unspecified atom stereocenters. The summed E-state index contributed by atoms with van der Waals surface area (Å²) in [6, 6.07) is 6.59. The SMILES string of the molecule is O=C(CCCn1nnnc1CN1CCOCC1)N1CCCC[C@H]1c1cccc(F)c1. The molecular formula is C21H29FN6O2. The standard InChI is InChI=1S/C21H29FN6O2/c22-18-6-3-5-17(15-18)19-7-1-2-9-27(19)21(29)8-4-10-28-20(23-24-25-28)16-26-11-13-30-14-12-26/h3,5-6,15,19H,1-2,4,7-14,16H2/t19-/m0/s1. The first-order valence-electron chi connectivity index (χ1n) is 10.8. The zero-order valence-corrected chi connectivity index (χ0v) is 17.2. The van der Waals surface area contributed by atoms with Gasteiger partial charge in [-0.3, -0.25) is 9.69 Å². The normalized spacial score (nSPS) is 20.4.